The Labute approximate surface area is 104 Å². The van der Waals surface area contributed by atoms with Gasteiger partial charge in [-0.25, -0.2) is 9.79 Å². The second kappa shape index (κ2) is 5.80. The van der Waals surface area contributed by atoms with E-state index in [1.807, 2.05) is 19.1 Å². The normalized spacial score (nSPS) is 17.6. The predicted octanol–water partition coefficient (Wildman–Crippen LogP) is 3.48. The lowest BCUT2D eigenvalue weighted by Crippen LogP contribution is -2.06. The van der Waals surface area contributed by atoms with Crippen LogP contribution in [0.4, 0.5) is 0 Å². The first-order valence-corrected chi connectivity index (χ1v) is 5.93. The Hall–Kier alpha value is -1.16. The fourth-order valence-corrected chi connectivity index (χ4v) is 1.26. The average Bonchev–Trinajstić information content (AvgIpc) is 2.59. The molecule has 1 aliphatic rings. The van der Waals surface area contributed by atoms with E-state index in [1.165, 1.54) is 0 Å². The molecule has 0 saturated carbocycles. The number of carbonyl (C=O) groups is 1. The first-order chi connectivity index (χ1) is 7.58. The van der Waals surface area contributed by atoms with Crippen LogP contribution >= 0.6 is 15.9 Å². The minimum atomic E-state index is -0.465. The second-order valence-corrected chi connectivity index (χ2v) is 4.28. The van der Waals surface area contributed by atoms with Gasteiger partial charge in [-0.1, -0.05) is 48.5 Å². The monoisotopic (exact) mass is 283 g/mol. The van der Waals surface area contributed by atoms with Crippen molar-refractivity contribution in [3.8, 4) is 0 Å². The number of hydrogen-bond donors (Lipinski definition) is 0. The van der Waals surface area contributed by atoms with Crippen LogP contribution in [0.5, 0.6) is 0 Å². The van der Waals surface area contributed by atoms with E-state index in [1.54, 1.807) is 0 Å². The summed E-state index contributed by atoms with van der Waals surface area (Å²) in [6.45, 7) is 7.53. The highest BCUT2D eigenvalue weighted by Crippen LogP contribution is 2.17. The van der Waals surface area contributed by atoms with Crippen LogP contribution in [0.3, 0.4) is 0 Å². The lowest BCUT2D eigenvalue weighted by Gasteiger charge is -2.01. The zero-order valence-electron chi connectivity index (χ0n) is 9.42. The Morgan fingerprint density at radius 2 is 2.12 bits per heavy atom. The van der Waals surface area contributed by atoms with Crippen molar-refractivity contribution >= 4 is 27.8 Å². The van der Waals surface area contributed by atoms with Crippen LogP contribution in [0.2, 0.25) is 0 Å². The number of nitrogens with zero attached hydrogens (tertiary/aromatic N) is 1. The van der Waals surface area contributed by atoms with Crippen molar-refractivity contribution in [3.05, 3.63) is 34.5 Å². The molecule has 0 spiro atoms. The Kier molecular flexibility index (Phi) is 4.68. The fraction of sp³-hybridized carbons (Fsp3) is 0.333. The van der Waals surface area contributed by atoms with Crippen molar-refractivity contribution in [2.75, 3.05) is 0 Å². The molecule has 86 valence electrons. The number of ether oxygens (including phenoxy) is 1. The van der Waals surface area contributed by atoms with Gasteiger partial charge in [-0.3, -0.25) is 0 Å². The topological polar surface area (TPSA) is 38.7 Å². The molecule has 0 fully saturated rings. The third-order valence-corrected chi connectivity index (χ3v) is 2.95. The highest BCUT2D eigenvalue weighted by molar-refractivity contribution is 9.11. The lowest BCUT2D eigenvalue weighted by atomic mass is 10.2. The summed E-state index contributed by atoms with van der Waals surface area (Å²) < 4.78 is 6.08. The molecule has 0 aromatic carbocycles. The molecule has 1 heterocycles. The van der Waals surface area contributed by atoms with E-state index in [9.17, 15) is 4.79 Å². The van der Waals surface area contributed by atoms with Crippen LogP contribution in [0.25, 0.3) is 0 Å². The number of esters is 1. The van der Waals surface area contributed by atoms with Gasteiger partial charge in [0.15, 0.2) is 0 Å². The Balaban J connectivity index is 2.88. The molecule has 0 N–H and O–H groups in total. The van der Waals surface area contributed by atoms with E-state index < -0.39 is 5.97 Å². The minimum absolute atomic E-state index is 0.160. The Morgan fingerprint density at radius 3 is 2.56 bits per heavy atom. The fourth-order valence-electron chi connectivity index (χ4n) is 1.12. The number of allylic oxidation sites excluding steroid dienone is 3. The van der Waals surface area contributed by atoms with Gasteiger partial charge in [0.1, 0.15) is 5.70 Å². The van der Waals surface area contributed by atoms with Crippen LogP contribution in [-0.2, 0) is 9.53 Å². The summed E-state index contributed by atoms with van der Waals surface area (Å²) in [5, 5.41) is 0. The Bertz CT molecular complexity index is 405. The molecule has 0 radical (unpaired) electrons. The summed E-state index contributed by atoms with van der Waals surface area (Å²) in [6.07, 6.45) is 5.51. The predicted molar refractivity (Wildman–Crippen MR) is 68.3 cm³/mol. The number of aliphatic imine (C=N–C) groups is 1. The van der Waals surface area contributed by atoms with Crippen LogP contribution < -0.4 is 0 Å². The standard InChI is InChI=1S/C12H14BrNO2/c1-4-9(6-7-10(13)5-2)11-14-8(3)12(15)16-11/h6-7H,3-5H2,1-2H3/b9-6+,10-7+. The molecule has 0 aromatic rings. The molecule has 0 saturated heterocycles. The molecule has 1 rings (SSSR count). The minimum Gasteiger partial charge on any atom is -0.402 e. The molecule has 1 aliphatic heterocycles. The number of halogens is 1. The highest BCUT2D eigenvalue weighted by atomic mass is 79.9. The van der Waals surface area contributed by atoms with Crippen molar-refractivity contribution in [3.63, 3.8) is 0 Å². The molecule has 0 atom stereocenters. The first-order valence-electron chi connectivity index (χ1n) is 5.13. The summed E-state index contributed by atoms with van der Waals surface area (Å²) in [6, 6.07) is 0. The van der Waals surface area contributed by atoms with E-state index in [2.05, 4.69) is 34.4 Å². The van der Waals surface area contributed by atoms with Crippen molar-refractivity contribution < 1.29 is 9.53 Å². The average molecular weight is 284 g/mol. The highest BCUT2D eigenvalue weighted by Gasteiger charge is 2.22. The van der Waals surface area contributed by atoms with E-state index >= 15 is 0 Å². The van der Waals surface area contributed by atoms with Gasteiger partial charge in [-0.2, -0.15) is 0 Å². The number of cyclic esters (lactones) is 1. The van der Waals surface area contributed by atoms with Crippen molar-refractivity contribution in [1.82, 2.24) is 0 Å². The lowest BCUT2D eigenvalue weighted by molar-refractivity contribution is -0.130. The quantitative estimate of drug-likeness (QED) is 0.450. The van der Waals surface area contributed by atoms with Gasteiger partial charge in [0, 0.05) is 5.57 Å². The SMILES string of the molecule is C=C1N=C(/C(=C/C=C(/Br)CC)CC)OC1=O. The van der Waals surface area contributed by atoms with Crippen molar-refractivity contribution in [2.24, 2.45) is 4.99 Å². The molecule has 0 aromatic heterocycles. The number of rotatable bonds is 4. The van der Waals surface area contributed by atoms with Crippen molar-refractivity contribution in [1.29, 1.82) is 0 Å². The van der Waals surface area contributed by atoms with Crippen molar-refractivity contribution in [2.45, 2.75) is 26.7 Å². The van der Waals surface area contributed by atoms with Gasteiger partial charge in [0.2, 0.25) is 5.90 Å². The van der Waals surface area contributed by atoms with Gasteiger partial charge >= 0.3 is 5.97 Å². The maximum atomic E-state index is 11.1. The molecule has 0 aliphatic carbocycles. The van der Waals surface area contributed by atoms with E-state index in [-0.39, 0.29) is 5.70 Å². The maximum Gasteiger partial charge on any atom is 0.363 e. The summed E-state index contributed by atoms with van der Waals surface area (Å²) in [4.78, 5) is 15.1. The largest absolute Gasteiger partial charge is 0.402 e. The smallest absolute Gasteiger partial charge is 0.363 e. The van der Waals surface area contributed by atoms with Gasteiger partial charge in [-0.15, -0.1) is 0 Å². The zero-order chi connectivity index (χ0) is 12.1. The third kappa shape index (κ3) is 3.17. The summed E-state index contributed by atoms with van der Waals surface area (Å²) in [5.74, 6) is -0.0990. The third-order valence-electron chi connectivity index (χ3n) is 2.12. The van der Waals surface area contributed by atoms with Gasteiger partial charge in [0.25, 0.3) is 0 Å². The molecule has 4 heteroatoms. The van der Waals surface area contributed by atoms with E-state index in [0.717, 1.165) is 22.9 Å². The van der Waals surface area contributed by atoms with Crippen LogP contribution in [0.15, 0.2) is 39.5 Å². The number of carbonyl (C=O) groups excluding carboxylic acids is 1. The second-order valence-electron chi connectivity index (χ2n) is 3.27. The molecule has 0 amide bonds. The van der Waals surface area contributed by atoms with Crippen LogP contribution in [-0.4, -0.2) is 11.9 Å². The summed E-state index contributed by atoms with van der Waals surface area (Å²) >= 11 is 3.42. The Morgan fingerprint density at radius 1 is 1.44 bits per heavy atom. The van der Waals surface area contributed by atoms with Crippen LogP contribution in [0.1, 0.15) is 26.7 Å². The number of hydrogen-bond acceptors (Lipinski definition) is 3. The molecule has 0 bridgehead atoms. The zero-order valence-corrected chi connectivity index (χ0v) is 11.0. The molecular weight excluding hydrogens is 270 g/mol. The molecule has 16 heavy (non-hydrogen) atoms. The maximum absolute atomic E-state index is 11.1. The van der Waals surface area contributed by atoms with Gasteiger partial charge in [-0.05, 0) is 17.3 Å². The van der Waals surface area contributed by atoms with E-state index in [4.69, 9.17) is 4.74 Å². The van der Waals surface area contributed by atoms with Gasteiger partial charge in [0.05, 0.1) is 0 Å². The van der Waals surface area contributed by atoms with Crippen LogP contribution in [0, 0.1) is 0 Å². The molecule has 3 nitrogen and oxygen atoms in total. The molecular formula is C12H14BrNO2. The first kappa shape index (κ1) is 12.9. The summed E-state index contributed by atoms with van der Waals surface area (Å²) in [5.41, 5.74) is 1.05. The van der Waals surface area contributed by atoms with Gasteiger partial charge < -0.3 is 4.74 Å². The van der Waals surface area contributed by atoms with E-state index in [0.29, 0.717) is 5.90 Å². The molecule has 0 unspecified atom stereocenters. The summed E-state index contributed by atoms with van der Waals surface area (Å²) in [7, 11) is 0.